The normalized spacial score (nSPS) is 34.5. The highest BCUT2D eigenvalue weighted by Gasteiger charge is 2.43. The molecule has 4 nitrogen and oxygen atoms in total. The van der Waals surface area contributed by atoms with Crippen LogP contribution in [0.25, 0.3) is 0 Å². The van der Waals surface area contributed by atoms with E-state index < -0.39 is 4.84 Å². The van der Waals surface area contributed by atoms with Gasteiger partial charge in [-0.05, 0) is 38.0 Å². The van der Waals surface area contributed by atoms with Gasteiger partial charge in [-0.25, -0.2) is 10.4 Å². The summed E-state index contributed by atoms with van der Waals surface area (Å²) in [5.74, 6) is 0.543. The van der Waals surface area contributed by atoms with E-state index in [1.54, 1.807) is 6.26 Å². The van der Waals surface area contributed by atoms with Gasteiger partial charge in [-0.3, -0.25) is 0 Å². The molecule has 3 atom stereocenters. The molecule has 1 aliphatic carbocycles. The predicted octanol–water partition coefficient (Wildman–Crippen LogP) is 4.16. The van der Waals surface area contributed by atoms with E-state index in [0.717, 1.165) is 44.9 Å². The second-order valence-corrected chi connectivity index (χ2v) is 8.02. The zero-order valence-corrected chi connectivity index (χ0v) is 15.1. The van der Waals surface area contributed by atoms with E-state index in [-0.39, 0.29) is 12.3 Å². The fraction of sp³-hybridized carbons (Fsp3) is 0.933. The second kappa shape index (κ2) is 8.80. The number of rotatable bonds is 6. The van der Waals surface area contributed by atoms with Gasteiger partial charge in [-0.1, -0.05) is 13.3 Å². The molecule has 2 aliphatic rings. The molecule has 1 heterocycles. The third-order valence-electron chi connectivity index (χ3n) is 4.78. The maximum atomic E-state index is 8.80. The van der Waals surface area contributed by atoms with Crippen LogP contribution in [0.2, 0.25) is 0 Å². The van der Waals surface area contributed by atoms with Crippen LogP contribution in [0.3, 0.4) is 0 Å². The molecule has 0 aromatic carbocycles. The van der Waals surface area contributed by atoms with Crippen molar-refractivity contribution in [2.24, 2.45) is 5.92 Å². The summed E-state index contributed by atoms with van der Waals surface area (Å²) in [6.07, 6.45) is 8.49. The molecule has 126 valence electrons. The second-order valence-electron chi connectivity index (χ2n) is 6.24. The number of ether oxygens (including phenoxy) is 1. The van der Waals surface area contributed by atoms with E-state index in [2.05, 4.69) is 17.4 Å². The molecule has 0 aromatic rings. The lowest BCUT2D eigenvalue weighted by Crippen LogP contribution is -2.52. The van der Waals surface area contributed by atoms with Crippen molar-refractivity contribution in [2.45, 2.75) is 80.4 Å². The zero-order chi connectivity index (χ0) is 16.1. The van der Waals surface area contributed by atoms with Crippen molar-refractivity contribution in [1.82, 2.24) is 10.4 Å². The number of halogens is 3. The van der Waals surface area contributed by atoms with E-state index in [1.807, 2.05) is 0 Å². The van der Waals surface area contributed by atoms with E-state index in [1.165, 1.54) is 0 Å². The van der Waals surface area contributed by atoms with Crippen molar-refractivity contribution in [3.05, 3.63) is 0 Å². The van der Waals surface area contributed by atoms with Gasteiger partial charge in [0.1, 0.15) is 4.84 Å². The quantitative estimate of drug-likeness (QED) is 0.565. The number of hydrogen-bond donors (Lipinski definition) is 1. The average molecular weight is 369 g/mol. The Morgan fingerprint density at radius 1 is 1.32 bits per heavy atom. The van der Waals surface area contributed by atoms with Gasteiger partial charge in [-0.15, -0.1) is 34.8 Å². The van der Waals surface area contributed by atoms with Crippen LogP contribution in [0.15, 0.2) is 0 Å². The smallest absolute Gasteiger partial charge is 0.288 e. The van der Waals surface area contributed by atoms with E-state index in [4.69, 9.17) is 44.8 Å². The highest BCUT2D eigenvalue weighted by Crippen LogP contribution is 2.37. The molecule has 1 saturated carbocycles. The Morgan fingerprint density at radius 3 is 2.55 bits per heavy atom. The Bertz CT molecular complexity index is 383. The fourth-order valence-corrected chi connectivity index (χ4v) is 4.44. The third-order valence-corrected chi connectivity index (χ3v) is 5.80. The monoisotopic (exact) mass is 367 g/mol. The molecular formula is C15H24Cl3N3O. The molecule has 22 heavy (non-hydrogen) atoms. The van der Waals surface area contributed by atoms with Crippen molar-refractivity contribution >= 4 is 34.8 Å². The van der Waals surface area contributed by atoms with Crippen LogP contribution in [0.1, 0.15) is 51.9 Å². The summed E-state index contributed by atoms with van der Waals surface area (Å²) >= 11 is 18.7. The first-order chi connectivity index (χ1) is 10.6. The van der Waals surface area contributed by atoms with E-state index >= 15 is 0 Å². The Balaban J connectivity index is 2.10. The standard InChI is InChI=1S/C15H24Cl3N3O/c1-2-3-12(15(17)18)21-13(8-14(20-21)22-9-19)10-4-6-11(16)7-5-10/h10-15,20H,2-8H2,1H3. The van der Waals surface area contributed by atoms with Crippen molar-refractivity contribution < 1.29 is 4.74 Å². The van der Waals surface area contributed by atoms with Gasteiger partial charge >= 0.3 is 0 Å². The largest absolute Gasteiger partial charge is 0.407 e. The lowest BCUT2D eigenvalue weighted by atomic mass is 9.82. The van der Waals surface area contributed by atoms with Gasteiger partial charge in [0.25, 0.3) is 6.26 Å². The van der Waals surface area contributed by atoms with Crippen LogP contribution in [0, 0.1) is 17.4 Å². The maximum absolute atomic E-state index is 8.80. The topological polar surface area (TPSA) is 48.3 Å². The molecule has 2 fully saturated rings. The van der Waals surface area contributed by atoms with Gasteiger partial charge in [-0.2, -0.15) is 5.26 Å². The summed E-state index contributed by atoms with van der Waals surface area (Å²) in [6.45, 7) is 2.12. The summed E-state index contributed by atoms with van der Waals surface area (Å²) in [4.78, 5) is -0.472. The van der Waals surface area contributed by atoms with Crippen molar-refractivity contribution in [3.63, 3.8) is 0 Å². The lowest BCUT2D eigenvalue weighted by Gasteiger charge is -2.39. The van der Waals surface area contributed by atoms with Crippen LogP contribution >= 0.6 is 34.8 Å². The Hall–Kier alpha value is 0.0800. The number of nitrogens with zero attached hydrogens (tertiary/aromatic N) is 2. The van der Waals surface area contributed by atoms with E-state index in [9.17, 15) is 0 Å². The first-order valence-corrected chi connectivity index (χ1v) is 9.39. The first-order valence-electron chi connectivity index (χ1n) is 8.08. The van der Waals surface area contributed by atoms with Gasteiger partial charge in [0.15, 0.2) is 6.23 Å². The van der Waals surface area contributed by atoms with E-state index in [0.29, 0.717) is 17.3 Å². The minimum atomic E-state index is -0.472. The number of hydrogen-bond acceptors (Lipinski definition) is 4. The first kappa shape index (κ1) is 18.4. The van der Waals surface area contributed by atoms with Gasteiger partial charge < -0.3 is 4.74 Å². The molecule has 0 bridgehead atoms. The van der Waals surface area contributed by atoms with Crippen molar-refractivity contribution in [3.8, 4) is 6.26 Å². The predicted molar refractivity (Wildman–Crippen MR) is 89.7 cm³/mol. The summed E-state index contributed by atoms with van der Waals surface area (Å²) in [6, 6.07) is 0.318. The number of nitriles is 1. The van der Waals surface area contributed by atoms with Crippen molar-refractivity contribution in [2.75, 3.05) is 0 Å². The molecule has 1 saturated heterocycles. The Labute approximate surface area is 148 Å². The molecule has 3 unspecified atom stereocenters. The van der Waals surface area contributed by atoms with Crippen LogP contribution < -0.4 is 5.43 Å². The Morgan fingerprint density at radius 2 is 2.00 bits per heavy atom. The molecule has 0 aromatic heterocycles. The summed E-state index contributed by atoms with van der Waals surface area (Å²) in [5, 5.41) is 11.3. The van der Waals surface area contributed by atoms with Crippen LogP contribution in [0.4, 0.5) is 0 Å². The van der Waals surface area contributed by atoms with Crippen LogP contribution in [-0.4, -0.2) is 33.5 Å². The fourth-order valence-electron chi connectivity index (χ4n) is 3.69. The minimum Gasteiger partial charge on any atom is -0.407 e. The van der Waals surface area contributed by atoms with Crippen LogP contribution in [-0.2, 0) is 4.74 Å². The molecule has 1 aliphatic heterocycles. The molecule has 0 spiro atoms. The van der Waals surface area contributed by atoms with Gasteiger partial charge in [0.2, 0.25) is 0 Å². The van der Waals surface area contributed by atoms with Crippen LogP contribution in [0.5, 0.6) is 0 Å². The van der Waals surface area contributed by atoms with Gasteiger partial charge in [0.05, 0.1) is 6.04 Å². The Kier molecular flexibility index (Phi) is 7.37. The lowest BCUT2D eigenvalue weighted by molar-refractivity contribution is 0.0432. The maximum Gasteiger partial charge on any atom is 0.288 e. The molecule has 7 heteroatoms. The van der Waals surface area contributed by atoms with Crippen molar-refractivity contribution in [1.29, 1.82) is 5.26 Å². The number of hydrazine groups is 1. The van der Waals surface area contributed by atoms with Gasteiger partial charge in [0, 0.05) is 17.8 Å². The number of nitrogens with one attached hydrogen (secondary N) is 1. The summed E-state index contributed by atoms with van der Waals surface area (Å²) in [7, 11) is 0. The minimum absolute atomic E-state index is 0.0272. The summed E-state index contributed by atoms with van der Waals surface area (Å²) < 4.78 is 5.12. The zero-order valence-electron chi connectivity index (χ0n) is 12.9. The highest BCUT2D eigenvalue weighted by molar-refractivity contribution is 6.44. The molecule has 0 amide bonds. The average Bonchev–Trinajstić information content (AvgIpc) is 2.89. The third kappa shape index (κ3) is 4.55. The molecular weight excluding hydrogens is 345 g/mol. The highest BCUT2D eigenvalue weighted by atomic mass is 35.5. The SMILES string of the molecule is CCCC(C(Cl)Cl)N1NC(OC#N)CC1C1CCC(Cl)CC1. The number of alkyl halides is 3. The molecule has 1 N–H and O–H groups in total. The molecule has 0 radical (unpaired) electrons. The summed E-state index contributed by atoms with van der Waals surface area (Å²) in [5.41, 5.74) is 3.30. The molecule has 2 rings (SSSR count).